The van der Waals surface area contributed by atoms with Crippen LogP contribution in [-0.4, -0.2) is 77.7 Å². The lowest BCUT2D eigenvalue weighted by molar-refractivity contribution is -0.121. The molecule has 9 nitrogen and oxygen atoms in total. The number of carbonyl (C=O) groups is 1. The first-order valence-corrected chi connectivity index (χ1v) is 13.2. The van der Waals surface area contributed by atoms with Gasteiger partial charge in [-0.2, -0.15) is 0 Å². The van der Waals surface area contributed by atoms with Crippen LogP contribution in [0.15, 0.2) is 53.4 Å². The number of amides is 1. The molecule has 3 rings (SSSR count). The van der Waals surface area contributed by atoms with E-state index in [1.165, 1.54) is 39.4 Å². The van der Waals surface area contributed by atoms with E-state index in [2.05, 4.69) is 5.32 Å². The molecule has 1 aliphatic heterocycles. The predicted octanol–water partition coefficient (Wildman–Crippen LogP) is 1.36. The number of anilines is 1. The maximum Gasteiger partial charge on any atom is 0.246 e. The van der Waals surface area contributed by atoms with Crippen molar-refractivity contribution >= 4 is 31.5 Å². The topological polar surface area (TPSA) is 113 Å². The van der Waals surface area contributed by atoms with Crippen LogP contribution in [0.3, 0.4) is 0 Å². The smallest absolute Gasteiger partial charge is 0.246 e. The fourth-order valence-corrected chi connectivity index (χ4v) is 5.66. The molecule has 0 aliphatic carbocycles. The summed E-state index contributed by atoms with van der Waals surface area (Å²) in [7, 11) is -2.56. The van der Waals surface area contributed by atoms with E-state index in [1.54, 1.807) is 24.3 Å². The number of sulfone groups is 1. The van der Waals surface area contributed by atoms with Crippen LogP contribution >= 0.6 is 0 Å². The summed E-state index contributed by atoms with van der Waals surface area (Å²) in [6.07, 6.45) is 0. The number of methoxy groups -OCH3 is 1. The van der Waals surface area contributed by atoms with Crippen molar-refractivity contribution in [1.82, 2.24) is 9.21 Å². The van der Waals surface area contributed by atoms with Crippen LogP contribution in [0.1, 0.15) is 11.6 Å². The lowest BCUT2D eigenvalue weighted by Gasteiger charge is -2.33. The summed E-state index contributed by atoms with van der Waals surface area (Å²) in [5, 5.41) is 2.79. The van der Waals surface area contributed by atoms with E-state index in [0.29, 0.717) is 11.3 Å². The van der Waals surface area contributed by atoms with Crippen molar-refractivity contribution < 1.29 is 26.4 Å². The number of carbonyl (C=O) groups excluding carboxylic acids is 1. The second-order valence-corrected chi connectivity index (χ2v) is 12.1. The van der Waals surface area contributed by atoms with E-state index >= 15 is 0 Å². The van der Waals surface area contributed by atoms with Gasteiger partial charge in [0.2, 0.25) is 15.9 Å². The second kappa shape index (κ2) is 9.57. The van der Waals surface area contributed by atoms with E-state index in [1.807, 2.05) is 11.0 Å². The standard InChI is InChI=1S/C21H27N3O6S2/c1-23(2)32(28,29)17-9-10-19(30-3)18(15-17)22-21(25)20(16-7-5-4-6-8-16)24-11-13-31(26,27)14-12-24/h4-10,15,20H,11-14H2,1-3H3,(H,22,25). The quantitative estimate of drug-likeness (QED) is 0.635. The highest BCUT2D eigenvalue weighted by molar-refractivity contribution is 7.91. The van der Waals surface area contributed by atoms with Crippen LogP contribution in [-0.2, 0) is 24.7 Å². The third kappa shape index (κ3) is 5.29. The Morgan fingerprint density at radius 1 is 1.09 bits per heavy atom. The Balaban J connectivity index is 1.96. The molecule has 1 unspecified atom stereocenters. The highest BCUT2D eigenvalue weighted by Crippen LogP contribution is 2.31. The minimum absolute atomic E-state index is 0.0129. The van der Waals surface area contributed by atoms with Crippen molar-refractivity contribution in [2.24, 2.45) is 0 Å². The summed E-state index contributed by atoms with van der Waals surface area (Å²) < 4.78 is 55.2. The van der Waals surface area contributed by atoms with Gasteiger partial charge in [0, 0.05) is 27.2 Å². The Labute approximate surface area is 188 Å². The van der Waals surface area contributed by atoms with Gasteiger partial charge in [0.25, 0.3) is 0 Å². The Morgan fingerprint density at radius 3 is 2.28 bits per heavy atom. The minimum atomic E-state index is -3.72. The van der Waals surface area contributed by atoms with Crippen molar-refractivity contribution in [3.05, 3.63) is 54.1 Å². The van der Waals surface area contributed by atoms with E-state index in [0.717, 1.165) is 4.31 Å². The molecule has 0 aromatic heterocycles. The number of sulfonamides is 1. The molecule has 1 saturated heterocycles. The number of hydrogen-bond acceptors (Lipinski definition) is 7. The van der Waals surface area contributed by atoms with Gasteiger partial charge in [-0.3, -0.25) is 9.69 Å². The van der Waals surface area contributed by atoms with Crippen LogP contribution in [0.2, 0.25) is 0 Å². The number of rotatable bonds is 7. The summed E-state index contributed by atoms with van der Waals surface area (Å²) in [6.45, 7) is 0.447. The minimum Gasteiger partial charge on any atom is -0.495 e. The lowest BCUT2D eigenvalue weighted by Crippen LogP contribution is -2.46. The van der Waals surface area contributed by atoms with Gasteiger partial charge in [-0.1, -0.05) is 30.3 Å². The number of ether oxygens (including phenoxy) is 1. The van der Waals surface area contributed by atoms with Crippen LogP contribution in [0.5, 0.6) is 5.75 Å². The Morgan fingerprint density at radius 2 is 1.72 bits per heavy atom. The average molecular weight is 482 g/mol. The van der Waals surface area contributed by atoms with Crippen molar-refractivity contribution in [1.29, 1.82) is 0 Å². The second-order valence-electron chi connectivity index (χ2n) is 7.64. The van der Waals surface area contributed by atoms with Crippen molar-refractivity contribution in [3.63, 3.8) is 0 Å². The molecule has 1 aliphatic rings. The molecule has 32 heavy (non-hydrogen) atoms. The molecule has 1 heterocycles. The molecule has 11 heteroatoms. The number of nitrogens with zero attached hydrogens (tertiary/aromatic N) is 2. The van der Waals surface area contributed by atoms with Crippen LogP contribution in [0.4, 0.5) is 5.69 Å². The summed E-state index contributed by atoms with van der Waals surface area (Å²) in [4.78, 5) is 15.3. The van der Waals surface area contributed by atoms with Gasteiger partial charge in [0.15, 0.2) is 9.84 Å². The van der Waals surface area contributed by atoms with Crippen LogP contribution in [0, 0.1) is 0 Å². The van der Waals surface area contributed by atoms with Crippen molar-refractivity contribution in [2.75, 3.05) is 51.1 Å². The normalized spacial score (nSPS) is 17.6. The maximum absolute atomic E-state index is 13.4. The molecule has 0 bridgehead atoms. The van der Waals surface area contributed by atoms with Crippen LogP contribution in [0.25, 0.3) is 0 Å². The molecule has 1 fully saturated rings. The summed E-state index contributed by atoms with van der Waals surface area (Å²) >= 11 is 0. The largest absolute Gasteiger partial charge is 0.495 e. The summed E-state index contributed by atoms with van der Waals surface area (Å²) in [6, 6.07) is 12.6. The zero-order chi connectivity index (χ0) is 23.5. The molecule has 1 amide bonds. The van der Waals surface area contributed by atoms with Gasteiger partial charge in [0.05, 0.1) is 29.2 Å². The number of hydrogen-bond donors (Lipinski definition) is 1. The molecule has 0 radical (unpaired) electrons. The molecule has 1 N–H and O–H groups in total. The summed E-state index contributed by atoms with van der Waals surface area (Å²) in [5.74, 6) is -0.148. The Bertz CT molecular complexity index is 1170. The van der Waals surface area contributed by atoms with Gasteiger partial charge in [-0.25, -0.2) is 21.1 Å². The number of nitrogens with one attached hydrogen (secondary N) is 1. The van der Waals surface area contributed by atoms with Gasteiger partial charge in [-0.15, -0.1) is 0 Å². The average Bonchev–Trinajstić information content (AvgIpc) is 2.75. The first-order valence-electron chi connectivity index (χ1n) is 9.96. The van der Waals surface area contributed by atoms with E-state index in [-0.39, 0.29) is 35.2 Å². The molecular weight excluding hydrogens is 454 g/mol. The molecule has 2 aromatic rings. The highest BCUT2D eigenvalue weighted by atomic mass is 32.2. The first-order chi connectivity index (χ1) is 15.0. The van der Waals surface area contributed by atoms with Gasteiger partial charge >= 0.3 is 0 Å². The van der Waals surface area contributed by atoms with Gasteiger partial charge < -0.3 is 10.1 Å². The number of benzene rings is 2. The van der Waals surface area contributed by atoms with Gasteiger partial charge in [0.1, 0.15) is 11.8 Å². The lowest BCUT2D eigenvalue weighted by atomic mass is 10.0. The molecule has 1 atom stereocenters. The fraction of sp³-hybridized carbons (Fsp3) is 0.381. The maximum atomic E-state index is 13.4. The zero-order valence-electron chi connectivity index (χ0n) is 18.2. The predicted molar refractivity (Wildman–Crippen MR) is 122 cm³/mol. The van der Waals surface area contributed by atoms with Crippen molar-refractivity contribution in [3.8, 4) is 5.75 Å². The third-order valence-electron chi connectivity index (χ3n) is 5.32. The monoisotopic (exact) mass is 481 g/mol. The van der Waals surface area contributed by atoms with E-state index in [4.69, 9.17) is 4.74 Å². The van der Waals surface area contributed by atoms with Crippen molar-refractivity contribution in [2.45, 2.75) is 10.9 Å². The van der Waals surface area contributed by atoms with Gasteiger partial charge in [-0.05, 0) is 23.8 Å². The SMILES string of the molecule is COc1ccc(S(=O)(=O)N(C)C)cc1NC(=O)C(c1ccccc1)N1CCS(=O)(=O)CC1. The van der Waals surface area contributed by atoms with E-state index < -0.39 is 31.8 Å². The molecule has 0 saturated carbocycles. The molecular formula is C21H27N3O6S2. The molecule has 0 spiro atoms. The van der Waals surface area contributed by atoms with Crippen LogP contribution < -0.4 is 10.1 Å². The van der Waals surface area contributed by atoms with E-state index in [9.17, 15) is 21.6 Å². The zero-order valence-corrected chi connectivity index (χ0v) is 19.8. The Kier molecular flexibility index (Phi) is 7.23. The summed E-state index contributed by atoms with van der Waals surface area (Å²) in [5.41, 5.74) is 0.923. The molecule has 2 aromatic carbocycles. The molecule has 174 valence electrons. The Hall–Kier alpha value is -2.47. The first kappa shape index (κ1) is 24.2. The highest BCUT2D eigenvalue weighted by Gasteiger charge is 2.33. The third-order valence-corrected chi connectivity index (χ3v) is 8.74. The fourth-order valence-electron chi connectivity index (χ4n) is 3.51.